The second-order valence-corrected chi connectivity index (χ2v) is 7.89. The van der Waals surface area contributed by atoms with E-state index in [0.29, 0.717) is 6.10 Å². The number of halogens is 1. The van der Waals surface area contributed by atoms with Crippen LogP contribution in [0, 0.1) is 11.8 Å². The zero-order valence-corrected chi connectivity index (χ0v) is 17.0. The molecule has 1 saturated carbocycles. The molecule has 5 heteroatoms. The molecule has 4 nitrogen and oxygen atoms in total. The molecule has 1 aliphatic heterocycles. The van der Waals surface area contributed by atoms with Gasteiger partial charge in [-0.1, -0.05) is 6.92 Å². The first-order valence-corrected chi connectivity index (χ1v) is 8.56. The van der Waals surface area contributed by atoms with Crippen LogP contribution in [-0.4, -0.2) is 42.2 Å². The first-order chi connectivity index (χ1) is 9.83. The molecule has 0 radical (unpaired) electrons. The molecule has 1 heterocycles. The Balaban J connectivity index is 0.00000242. The molecular weight excluding hydrogens is 389 g/mol. The van der Waals surface area contributed by atoms with E-state index in [1.165, 1.54) is 25.7 Å². The van der Waals surface area contributed by atoms with Gasteiger partial charge in [0.1, 0.15) is 0 Å². The van der Waals surface area contributed by atoms with Crippen LogP contribution in [-0.2, 0) is 4.74 Å². The molecule has 0 aromatic carbocycles. The van der Waals surface area contributed by atoms with E-state index in [0.717, 1.165) is 43.9 Å². The van der Waals surface area contributed by atoms with Gasteiger partial charge in [0.25, 0.3) is 0 Å². The van der Waals surface area contributed by atoms with Gasteiger partial charge in [0, 0.05) is 19.6 Å². The number of guanidine groups is 1. The number of piperidine rings is 1. The Labute approximate surface area is 153 Å². The van der Waals surface area contributed by atoms with Crippen molar-refractivity contribution in [3.63, 3.8) is 0 Å². The average Bonchev–Trinajstić information content (AvgIpc) is 2.34. The van der Waals surface area contributed by atoms with E-state index >= 15 is 0 Å². The minimum Gasteiger partial charge on any atom is -0.373 e. The van der Waals surface area contributed by atoms with Crippen molar-refractivity contribution in [2.24, 2.45) is 22.6 Å². The van der Waals surface area contributed by atoms with Gasteiger partial charge in [-0.25, -0.2) is 0 Å². The van der Waals surface area contributed by atoms with E-state index in [2.05, 4.69) is 37.6 Å². The van der Waals surface area contributed by atoms with E-state index in [1.54, 1.807) is 0 Å². The molecule has 2 N–H and O–H groups in total. The molecule has 0 amide bonds. The molecule has 0 bridgehead atoms. The molecule has 1 aliphatic carbocycles. The molecule has 0 unspecified atom stereocenters. The third-order valence-corrected chi connectivity index (χ3v) is 4.63. The van der Waals surface area contributed by atoms with Crippen LogP contribution < -0.4 is 5.73 Å². The molecule has 130 valence electrons. The predicted molar refractivity (Wildman–Crippen MR) is 104 cm³/mol. The van der Waals surface area contributed by atoms with E-state index in [9.17, 15) is 0 Å². The number of hydrogen-bond donors (Lipinski definition) is 1. The van der Waals surface area contributed by atoms with E-state index in [4.69, 9.17) is 10.5 Å². The van der Waals surface area contributed by atoms with E-state index in [1.807, 2.05) is 0 Å². The monoisotopic (exact) mass is 423 g/mol. The first kappa shape index (κ1) is 20.0. The fourth-order valence-corrected chi connectivity index (χ4v) is 3.21. The van der Waals surface area contributed by atoms with Gasteiger partial charge < -0.3 is 15.4 Å². The van der Waals surface area contributed by atoms with Crippen LogP contribution in [0.15, 0.2) is 4.99 Å². The van der Waals surface area contributed by atoms with E-state index < -0.39 is 0 Å². The van der Waals surface area contributed by atoms with Crippen LogP contribution in [0.3, 0.4) is 0 Å². The molecule has 0 aromatic heterocycles. The fraction of sp³-hybridized carbons (Fsp3) is 0.941. The van der Waals surface area contributed by atoms with Crippen LogP contribution in [0.1, 0.15) is 59.8 Å². The lowest BCUT2D eigenvalue weighted by Crippen LogP contribution is -2.42. The lowest BCUT2D eigenvalue weighted by Gasteiger charge is -2.39. The standard InChI is InChI=1S/C17H33N3O.HI/c1-13-6-9-20(10-7-13)16(18)19-8-5-14-11-15(12-14)21-17(2,3)4;/h13-15H,5-12H2,1-4H3,(H2,18,19);1H. The third-order valence-electron chi connectivity index (χ3n) is 4.63. The number of rotatable bonds is 4. The normalized spacial score (nSPS) is 27.3. The zero-order chi connectivity index (χ0) is 15.5. The Kier molecular flexibility index (Phi) is 7.92. The summed E-state index contributed by atoms with van der Waals surface area (Å²) in [5.41, 5.74) is 6.09. The summed E-state index contributed by atoms with van der Waals surface area (Å²) in [7, 11) is 0. The Morgan fingerprint density at radius 2 is 1.82 bits per heavy atom. The summed E-state index contributed by atoms with van der Waals surface area (Å²) < 4.78 is 5.97. The molecule has 22 heavy (non-hydrogen) atoms. The Bertz CT molecular complexity index is 353. The molecule has 0 spiro atoms. The summed E-state index contributed by atoms with van der Waals surface area (Å²) >= 11 is 0. The second kappa shape index (κ2) is 8.71. The van der Waals surface area contributed by atoms with Gasteiger partial charge in [-0.2, -0.15) is 0 Å². The highest BCUT2D eigenvalue weighted by atomic mass is 127. The van der Waals surface area contributed by atoms with Crippen LogP contribution in [0.5, 0.6) is 0 Å². The molecule has 2 fully saturated rings. The predicted octanol–water partition coefficient (Wildman–Crippen LogP) is 3.63. The fourth-order valence-electron chi connectivity index (χ4n) is 3.21. The van der Waals surface area contributed by atoms with Crippen molar-refractivity contribution in [3.8, 4) is 0 Å². The average molecular weight is 423 g/mol. The number of ether oxygens (including phenoxy) is 1. The van der Waals surface area contributed by atoms with Gasteiger partial charge in [-0.15, -0.1) is 24.0 Å². The minimum absolute atomic E-state index is 0. The molecule has 2 rings (SSSR count). The number of likely N-dealkylation sites (tertiary alicyclic amines) is 1. The third kappa shape index (κ3) is 6.60. The Morgan fingerprint density at radius 1 is 1.23 bits per heavy atom. The summed E-state index contributed by atoms with van der Waals surface area (Å²) in [4.78, 5) is 6.82. The summed E-state index contributed by atoms with van der Waals surface area (Å²) in [5, 5.41) is 0. The molecule has 2 aliphatic rings. The number of nitrogens with zero attached hydrogens (tertiary/aromatic N) is 2. The van der Waals surface area contributed by atoms with Gasteiger partial charge in [0.05, 0.1) is 11.7 Å². The van der Waals surface area contributed by atoms with Crippen LogP contribution in [0.2, 0.25) is 0 Å². The highest BCUT2D eigenvalue weighted by Gasteiger charge is 2.32. The van der Waals surface area contributed by atoms with Crippen molar-refractivity contribution in [1.29, 1.82) is 0 Å². The molecule has 0 atom stereocenters. The number of aliphatic imine (C=N–C) groups is 1. The van der Waals surface area contributed by atoms with Crippen molar-refractivity contribution >= 4 is 29.9 Å². The number of nitrogens with two attached hydrogens (primary N) is 1. The minimum atomic E-state index is -0.0103. The maximum Gasteiger partial charge on any atom is 0.191 e. The topological polar surface area (TPSA) is 50.8 Å². The molecular formula is C17H34IN3O. The van der Waals surface area contributed by atoms with Gasteiger partial charge >= 0.3 is 0 Å². The van der Waals surface area contributed by atoms with Crippen molar-refractivity contribution in [3.05, 3.63) is 0 Å². The van der Waals surface area contributed by atoms with Gasteiger partial charge in [0.15, 0.2) is 5.96 Å². The van der Waals surface area contributed by atoms with Crippen LogP contribution in [0.25, 0.3) is 0 Å². The number of hydrogen-bond acceptors (Lipinski definition) is 2. The van der Waals surface area contributed by atoms with Crippen molar-refractivity contribution in [2.45, 2.75) is 71.5 Å². The van der Waals surface area contributed by atoms with Crippen molar-refractivity contribution in [2.75, 3.05) is 19.6 Å². The Morgan fingerprint density at radius 3 is 2.36 bits per heavy atom. The first-order valence-electron chi connectivity index (χ1n) is 8.56. The summed E-state index contributed by atoms with van der Waals surface area (Å²) in [6.07, 6.45) is 6.46. The quantitative estimate of drug-likeness (QED) is 0.427. The van der Waals surface area contributed by atoms with Gasteiger partial charge in [0.2, 0.25) is 0 Å². The maximum absolute atomic E-state index is 6.10. The SMILES string of the molecule is CC1CCN(C(N)=NCCC2CC(OC(C)(C)C)C2)CC1.I. The van der Waals surface area contributed by atoms with Crippen molar-refractivity contribution in [1.82, 2.24) is 4.90 Å². The molecule has 1 saturated heterocycles. The van der Waals surface area contributed by atoms with Crippen LogP contribution in [0.4, 0.5) is 0 Å². The maximum atomic E-state index is 6.10. The van der Waals surface area contributed by atoms with Gasteiger partial charge in [-0.3, -0.25) is 4.99 Å². The smallest absolute Gasteiger partial charge is 0.191 e. The van der Waals surface area contributed by atoms with Crippen molar-refractivity contribution < 1.29 is 4.74 Å². The highest BCUT2D eigenvalue weighted by Crippen LogP contribution is 2.35. The summed E-state index contributed by atoms with van der Waals surface area (Å²) in [6.45, 7) is 11.7. The Hall–Kier alpha value is -0.0400. The highest BCUT2D eigenvalue weighted by molar-refractivity contribution is 14.0. The second-order valence-electron chi connectivity index (χ2n) is 7.89. The lowest BCUT2D eigenvalue weighted by atomic mass is 9.80. The van der Waals surface area contributed by atoms with E-state index in [-0.39, 0.29) is 29.6 Å². The largest absolute Gasteiger partial charge is 0.373 e. The van der Waals surface area contributed by atoms with Crippen LogP contribution >= 0.6 is 24.0 Å². The summed E-state index contributed by atoms with van der Waals surface area (Å²) in [5.74, 6) is 2.36. The zero-order valence-electron chi connectivity index (χ0n) is 14.7. The lowest BCUT2D eigenvalue weighted by molar-refractivity contribution is -0.112. The van der Waals surface area contributed by atoms with Gasteiger partial charge in [-0.05, 0) is 64.7 Å². The summed E-state index contributed by atoms with van der Waals surface area (Å²) in [6, 6.07) is 0. The molecule has 0 aromatic rings.